The van der Waals surface area contributed by atoms with Crippen LogP contribution in [0.5, 0.6) is 0 Å². The second-order valence-electron chi connectivity index (χ2n) is 1.80. The van der Waals surface area contributed by atoms with E-state index in [4.69, 9.17) is 6.48 Å². The van der Waals surface area contributed by atoms with E-state index >= 15 is 0 Å². The first-order valence-corrected chi connectivity index (χ1v) is 2.90. The Bertz CT molecular complexity index is 160. The number of carboxylic acid groups (broad SMARTS) is 1. The van der Waals surface area contributed by atoms with Gasteiger partial charge in [-0.25, -0.2) is 0 Å². The van der Waals surface area contributed by atoms with E-state index in [9.17, 15) is 9.59 Å². The van der Waals surface area contributed by atoms with Crippen molar-refractivity contribution in [3.05, 3.63) is 0 Å². The minimum absolute atomic E-state index is 0.311. The summed E-state index contributed by atoms with van der Waals surface area (Å²) in [6.45, 7) is 1.32. The summed E-state index contributed by atoms with van der Waals surface area (Å²) in [5, 5.41) is 8.30. The van der Waals surface area contributed by atoms with Crippen LogP contribution in [0.2, 0.25) is 0 Å². The Kier molecular flexibility index (Phi) is 2.73. The average molecular weight is 147 g/mol. The molecule has 0 aliphatic heterocycles. The standard InChI is InChI=1S/C6H11NO3/c1-3-7(5(2)8)4-6(9)10/h3-4H2,1-2H3,(H,9,10)/i2T. The number of hydrogen-bond donors (Lipinski definition) is 1. The quantitative estimate of drug-likeness (QED) is 0.608. The Morgan fingerprint density at radius 3 is 2.60 bits per heavy atom. The highest BCUT2D eigenvalue weighted by molar-refractivity contribution is 5.79. The largest absolute Gasteiger partial charge is 0.480 e. The molecule has 0 aromatic heterocycles. The lowest BCUT2D eigenvalue weighted by Gasteiger charge is -2.14. The zero-order valence-electron chi connectivity index (χ0n) is 6.83. The van der Waals surface area contributed by atoms with Crippen molar-refractivity contribution in [3.8, 4) is 0 Å². The number of carboxylic acids is 1. The van der Waals surface area contributed by atoms with Crippen LogP contribution >= 0.6 is 0 Å². The summed E-state index contributed by atoms with van der Waals surface area (Å²) in [5.74, 6) is -1.50. The fourth-order valence-corrected chi connectivity index (χ4v) is 0.540. The van der Waals surface area contributed by atoms with Crippen LogP contribution in [0.4, 0.5) is 0 Å². The lowest BCUT2D eigenvalue weighted by Crippen LogP contribution is -2.33. The van der Waals surface area contributed by atoms with Gasteiger partial charge >= 0.3 is 5.97 Å². The summed E-state index contributed by atoms with van der Waals surface area (Å²) >= 11 is 0. The minimum atomic E-state index is -1.05. The van der Waals surface area contributed by atoms with Gasteiger partial charge in [-0.3, -0.25) is 9.59 Å². The number of amides is 1. The topological polar surface area (TPSA) is 57.6 Å². The molecule has 0 rings (SSSR count). The van der Waals surface area contributed by atoms with Gasteiger partial charge < -0.3 is 10.0 Å². The average Bonchev–Trinajstić information content (AvgIpc) is 1.98. The fourth-order valence-electron chi connectivity index (χ4n) is 0.540. The van der Waals surface area contributed by atoms with Crippen molar-refractivity contribution >= 4 is 11.9 Å². The van der Waals surface area contributed by atoms with Gasteiger partial charge in [-0.1, -0.05) is 0 Å². The van der Waals surface area contributed by atoms with Crippen molar-refractivity contribution in [1.29, 1.82) is 0 Å². The summed E-state index contributed by atoms with van der Waals surface area (Å²) in [6.07, 6.45) is 0. The van der Waals surface area contributed by atoms with Gasteiger partial charge in [0.1, 0.15) is 6.54 Å². The summed E-state index contributed by atoms with van der Waals surface area (Å²) in [7, 11) is 0. The number of carbonyl (C=O) groups is 2. The molecule has 0 saturated carbocycles. The number of aliphatic carboxylic acids is 1. The number of carbonyl (C=O) groups excluding carboxylic acids is 1. The van der Waals surface area contributed by atoms with Gasteiger partial charge in [0.2, 0.25) is 5.91 Å². The monoisotopic (exact) mass is 147 g/mol. The van der Waals surface area contributed by atoms with Gasteiger partial charge in [0.25, 0.3) is 0 Å². The third-order valence-electron chi connectivity index (χ3n) is 1.06. The van der Waals surface area contributed by atoms with Crippen LogP contribution in [0.15, 0.2) is 0 Å². The molecule has 0 aromatic rings. The molecule has 1 N–H and O–H groups in total. The van der Waals surface area contributed by atoms with Crippen molar-refractivity contribution in [2.24, 2.45) is 0 Å². The van der Waals surface area contributed by atoms with Crippen molar-refractivity contribution in [3.63, 3.8) is 0 Å². The molecule has 0 bridgehead atoms. The highest BCUT2D eigenvalue weighted by Gasteiger charge is 2.08. The predicted molar refractivity (Wildman–Crippen MR) is 35.6 cm³/mol. The van der Waals surface area contributed by atoms with Crippen LogP contribution in [-0.4, -0.2) is 35.0 Å². The lowest BCUT2D eigenvalue weighted by atomic mass is 10.5. The van der Waals surface area contributed by atoms with Crippen molar-refractivity contribution in [1.82, 2.24) is 4.90 Å². The third kappa shape index (κ3) is 3.06. The molecule has 10 heavy (non-hydrogen) atoms. The third-order valence-corrected chi connectivity index (χ3v) is 1.06. The Labute approximate surface area is 60.8 Å². The van der Waals surface area contributed by atoms with Crippen LogP contribution in [0.1, 0.15) is 15.2 Å². The number of nitrogens with zero attached hydrogens (tertiary/aromatic N) is 1. The van der Waals surface area contributed by atoms with E-state index in [1.54, 1.807) is 6.92 Å². The number of likely N-dealkylation sites (N-methyl/N-ethyl adjacent to an activating group) is 1. The van der Waals surface area contributed by atoms with Crippen LogP contribution in [0.25, 0.3) is 0 Å². The van der Waals surface area contributed by atoms with Gasteiger partial charge in [0, 0.05) is 14.8 Å². The molecule has 0 radical (unpaired) electrons. The van der Waals surface area contributed by atoms with E-state index in [1.165, 1.54) is 0 Å². The number of hydrogen-bond acceptors (Lipinski definition) is 2. The first-order valence-electron chi connectivity index (χ1n) is 3.61. The molecular weight excluding hydrogens is 134 g/mol. The normalized spacial score (nSPS) is 10.3. The highest BCUT2D eigenvalue weighted by atomic mass is 16.4. The first-order chi connectivity index (χ1) is 5.11. The zero-order chi connectivity index (χ0) is 8.85. The molecule has 0 heterocycles. The predicted octanol–water partition coefficient (Wildman–Crippen LogP) is -0.0606. The number of rotatable bonds is 3. The molecule has 0 spiro atoms. The van der Waals surface area contributed by atoms with E-state index < -0.39 is 11.9 Å². The van der Waals surface area contributed by atoms with Crippen molar-refractivity contribution in [2.75, 3.05) is 13.1 Å². The summed E-state index contributed by atoms with van der Waals surface area (Å²) < 4.78 is 6.70. The molecule has 4 nitrogen and oxygen atoms in total. The molecular formula is C6H11NO3. The molecule has 0 aromatic carbocycles. The highest BCUT2D eigenvalue weighted by Crippen LogP contribution is 1.86. The molecule has 0 unspecified atom stereocenters. The van der Waals surface area contributed by atoms with E-state index in [0.717, 1.165) is 4.90 Å². The fraction of sp³-hybridized carbons (Fsp3) is 0.667. The Morgan fingerprint density at radius 1 is 1.70 bits per heavy atom. The maximum Gasteiger partial charge on any atom is 0.323 e. The van der Waals surface area contributed by atoms with Gasteiger partial charge in [-0.15, -0.1) is 0 Å². The molecule has 1 amide bonds. The maximum absolute atomic E-state index is 10.8. The first kappa shape index (κ1) is 7.05. The summed E-state index contributed by atoms with van der Waals surface area (Å²) in [5.41, 5.74) is 0. The molecule has 58 valence electrons. The molecule has 4 heteroatoms. The van der Waals surface area contributed by atoms with Gasteiger partial charge in [0.05, 0.1) is 0 Å². The molecule has 0 atom stereocenters. The van der Waals surface area contributed by atoms with Crippen LogP contribution in [-0.2, 0) is 9.59 Å². The molecule has 0 aliphatic carbocycles. The zero-order valence-corrected chi connectivity index (χ0v) is 5.83. The maximum atomic E-state index is 10.8. The van der Waals surface area contributed by atoms with E-state index in [-0.39, 0.29) is 13.4 Å². The smallest absolute Gasteiger partial charge is 0.323 e. The SMILES string of the molecule is [3H]CC(=O)N(CC)CC(=O)O. The molecule has 0 saturated heterocycles. The van der Waals surface area contributed by atoms with E-state index in [2.05, 4.69) is 0 Å². The summed E-state index contributed by atoms with van der Waals surface area (Å²) in [4.78, 5) is 22.0. The molecule has 0 fully saturated rings. The lowest BCUT2D eigenvalue weighted by molar-refractivity contribution is -0.143. The van der Waals surface area contributed by atoms with Crippen LogP contribution < -0.4 is 0 Å². The molecule has 0 aliphatic rings. The Balaban J connectivity index is 3.94. The van der Waals surface area contributed by atoms with Crippen LogP contribution in [0, 0.1) is 0 Å². The Hall–Kier alpha value is -1.06. The van der Waals surface area contributed by atoms with Crippen LogP contribution in [0.3, 0.4) is 0 Å². The van der Waals surface area contributed by atoms with Crippen molar-refractivity contribution < 1.29 is 16.1 Å². The minimum Gasteiger partial charge on any atom is -0.480 e. The van der Waals surface area contributed by atoms with E-state index in [1.807, 2.05) is 0 Å². The van der Waals surface area contributed by atoms with Crippen molar-refractivity contribution in [2.45, 2.75) is 13.8 Å². The Morgan fingerprint density at radius 2 is 2.30 bits per heavy atom. The van der Waals surface area contributed by atoms with Gasteiger partial charge in [-0.05, 0) is 6.92 Å². The second kappa shape index (κ2) is 3.87. The van der Waals surface area contributed by atoms with Gasteiger partial charge in [0.15, 0.2) is 0 Å². The van der Waals surface area contributed by atoms with E-state index in [0.29, 0.717) is 6.54 Å². The van der Waals surface area contributed by atoms with Gasteiger partial charge in [-0.2, -0.15) is 0 Å². The second-order valence-corrected chi connectivity index (χ2v) is 1.80. The summed E-state index contributed by atoms with van der Waals surface area (Å²) in [6, 6.07) is 0.